The zero-order valence-corrected chi connectivity index (χ0v) is 11.5. The van der Waals surface area contributed by atoms with Gasteiger partial charge in [0.1, 0.15) is 6.61 Å². The molecule has 0 saturated carbocycles. The number of benzene rings is 1. The van der Waals surface area contributed by atoms with Gasteiger partial charge in [-0.05, 0) is 24.6 Å². The van der Waals surface area contributed by atoms with E-state index in [9.17, 15) is 0 Å². The Hall–Kier alpha value is -1.66. The molecule has 3 nitrogen and oxygen atoms in total. The molecule has 1 rings (SSSR count). The Balaban J connectivity index is 2.71. The number of hydrogen-bond acceptors (Lipinski definition) is 3. The van der Waals surface area contributed by atoms with Crippen LogP contribution in [-0.2, 0) is 6.54 Å². The number of rotatable bonds is 6. The fraction of sp³-hybridized carbons (Fsp3) is 0.467. The molecule has 98 valence electrons. The number of methoxy groups -OCH3 is 1. The topological polar surface area (TPSA) is 30.5 Å². The van der Waals surface area contributed by atoms with E-state index in [0.717, 1.165) is 18.0 Å². The van der Waals surface area contributed by atoms with Crippen molar-refractivity contribution in [1.29, 1.82) is 0 Å². The first kappa shape index (κ1) is 14.4. The maximum absolute atomic E-state index is 5.53. The van der Waals surface area contributed by atoms with E-state index < -0.39 is 0 Å². The van der Waals surface area contributed by atoms with Crippen molar-refractivity contribution in [2.75, 3.05) is 13.7 Å². The summed E-state index contributed by atoms with van der Waals surface area (Å²) < 4.78 is 10.9. The summed E-state index contributed by atoms with van der Waals surface area (Å²) in [7, 11) is 1.65. The third-order valence-corrected chi connectivity index (χ3v) is 2.42. The van der Waals surface area contributed by atoms with Crippen LogP contribution in [0.4, 0.5) is 0 Å². The third kappa shape index (κ3) is 4.68. The van der Waals surface area contributed by atoms with Gasteiger partial charge in [-0.1, -0.05) is 25.8 Å². The van der Waals surface area contributed by atoms with Gasteiger partial charge in [0.25, 0.3) is 0 Å². The van der Waals surface area contributed by atoms with Crippen molar-refractivity contribution in [1.82, 2.24) is 5.32 Å². The molecule has 0 aliphatic heterocycles. The quantitative estimate of drug-likeness (QED) is 0.784. The molecule has 0 saturated heterocycles. The van der Waals surface area contributed by atoms with E-state index in [1.54, 1.807) is 14.0 Å². The standard InChI is InChI=1S/C15H21NO2/c1-5-6-9-18-14-8-7-13(10-15(14)17-4)11-16-12(2)3/h7-8,10,12,16H,9,11H2,1-4H3. The molecule has 0 aromatic heterocycles. The average Bonchev–Trinajstić information content (AvgIpc) is 2.37. The Bertz CT molecular complexity index is 430. The van der Waals surface area contributed by atoms with Crippen LogP contribution in [0, 0.1) is 11.8 Å². The number of nitrogens with one attached hydrogen (secondary N) is 1. The molecule has 3 heteroatoms. The summed E-state index contributed by atoms with van der Waals surface area (Å²) in [5.74, 6) is 7.13. The van der Waals surface area contributed by atoms with Crippen LogP contribution in [-0.4, -0.2) is 19.8 Å². The van der Waals surface area contributed by atoms with E-state index in [-0.39, 0.29) is 0 Å². The van der Waals surface area contributed by atoms with Crippen molar-refractivity contribution >= 4 is 0 Å². The van der Waals surface area contributed by atoms with Crippen molar-refractivity contribution in [3.05, 3.63) is 23.8 Å². The SMILES string of the molecule is CC#CCOc1ccc(CNC(C)C)cc1OC. The maximum Gasteiger partial charge on any atom is 0.162 e. The molecule has 1 aromatic carbocycles. The lowest BCUT2D eigenvalue weighted by Crippen LogP contribution is -2.21. The van der Waals surface area contributed by atoms with Crippen LogP contribution in [0.1, 0.15) is 26.3 Å². The summed E-state index contributed by atoms with van der Waals surface area (Å²) in [6.07, 6.45) is 0. The average molecular weight is 247 g/mol. The van der Waals surface area contributed by atoms with E-state index in [4.69, 9.17) is 9.47 Å². The van der Waals surface area contributed by atoms with E-state index in [1.807, 2.05) is 18.2 Å². The van der Waals surface area contributed by atoms with Gasteiger partial charge in [0, 0.05) is 12.6 Å². The minimum absolute atomic E-state index is 0.385. The first-order valence-corrected chi connectivity index (χ1v) is 6.10. The fourth-order valence-electron chi connectivity index (χ4n) is 1.45. The van der Waals surface area contributed by atoms with Crippen LogP contribution >= 0.6 is 0 Å². The summed E-state index contributed by atoms with van der Waals surface area (Å²) in [6.45, 7) is 7.25. The van der Waals surface area contributed by atoms with Crippen LogP contribution in [0.3, 0.4) is 0 Å². The largest absolute Gasteiger partial charge is 0.493 e. The van der Waals surface area contributed by atoms with Crippen molar-refractivity contribution in [3.8, 4) is 23.3 Å². The van der Waals surface area contributed by atoms with Crippen LogP contribution in [0.25, 0.3) is 0 Å². The molecule has 0 fully saturated rings. The molecule has 0 spiro atoms. The lowest BCUT2D eigenvalue weighted by molar-refractivity contribution is 0.330. The summed E-state index contributed by atoms with van der Waals surface area (Å²) in [4.78, 5) is 0. The van der Waals surface area contributed by atoms with Gasteiger partial charge in [-0.3, -0.25) is 0 Å². The van der Waals surface area contributed by atoms with E-state index >= 15 is 0 Å². The van der Waals surface area contributed by atoms with Gasteiger partial charge in [0.15, 0.2) is 11.5 Å². The second-order valence-corrected chi connectivity index (χ2v) is 4.24. The first-order chi connectivity index (χ1) is 8.67. The van der Waals surface area contributed by atoms with Gasteiger partial charge in [-0.15, -0.1) is 5.92 Å². The first-order valence-electron chi connectivity index (χ1n) is 6.10. The van der Waals surface area contributed by atoms with Crippen molar-refractivity contribution in [3.63, 3.8) is 0 Å². The summed E-state index contributed by atoms with van der Waals surface area (Å²) >= 11 is 0. The maximum atomic E-state index is 5.53. The minimum Gasteiger partial charge on any atom is -0.493 e. The van der Waals surface area contributed by atoms with Crippen LogP contribution in [0.2, 0.25) is 0 Å². The van der Waals surface area contributed by atoms with Crippen molar-refractivity contribution in [2.24, 2.45) is 0 Å². The highest BCUT2D eigenvalue weighted by Gasteiger charge is 2.05. The Morgan fingerprint density at radius 2 is 2.06 bits per heavy atom. The summed E-state index contributed by atoms with van der Waals surface area (Å²) in [5, 5.41) is 3.37. The molecule has 0 aliphatic rings. The number of ether oxygens (including phenoxy) is 2. The van der Waals surface area contributed by atoms with Crippen molar-refractivity contribution < 1.29 is 9.47 Å². The van der Waals surface area contributed by atoms with Crippen molar-refractivity contribution in [2.45, 2.75) is 33.4 Å². The molecule has 0 radical (unpaired) electrons. The summed E-state index contributed by atoms with van der Waals surface area (Å²) in [6, 6.07) is 6.41. The highest BCUT2D eigenvalue weighted by atomic mass is 16.5. The van der Waals surface area contributed by atoms with Crippen LogP contribution < -0.4 is 14.8 Å². The third-order valence-electron chi connectivity index (χ3n) is 2.42. The van der Waals surface area contributed by atoms with Crippen LogP contribution in [0.15, 0.2) is 18.2 Å². The van der Waals surface area contributed by atoms with E-state index in [1.165, 1.54) is 5.56 Å². The molecule has 0 unspecified atom stereocenters. The Morgan fingerprint density at radius 3 is 2.67 bits per heavy atom. The molecule has 0 bridgehead atoms. The van der Waals surface area contributed by atoms with Gasteiger partial charge >= 0.3 is 0 Å². The molecular weight excluding hydrogens is 226 g/mol. The predicted molar refractivity (Wildman–Crippen MR) is 73.9 cm³/mol. The molecule has 0 aliphatic carbocycles. The van der Waals surface area contributed by atoms with Gasteiger partial charge in [0.2, 0.25) is 0 Å². The lowest BCUT2D eigenvalue weighted by atomic mass is 10.2. The van der Waals surface area contributed by atoms with Gasteiger partial charge in [-0.25, -0.2) is 0 Å². The van der Waals surface area contributed by atoms with E-state index in [2.05, 4.69) is 31.0 Å². The molecule has 0 heterocycles. The molecular formula is C15H21NO2. The minimum atomic E-state index is 0.385. The normalized spacial score (nSPS) is 9.83. The highest BCUT2D eigenvalue weighted by molar-refractivity contribution is 5.43. The zero-order valence-electron chi connectivity index (χ0n) is 11.5. The zero-order chi connectivity index (χ0) is 13.4. The molecule has 1 aromatic rings. The molecule has 18 heavy (non-hydrogen) atoms. The number of hydrogen-bond donors (Lipinski definition) is 1. The van der Waals surface area contributed by atoms with Gasteiger partial charge < -0.3 is 14.8 Å². The molecule has 0 amide bonds. The lowest BCUT2D eigenvalue weighted by Gasteiger charge is -2.12. The molecule has 1 N–H and O–H groups in total. The van der Waals surface area contributed by atoms with E-state index in [0.29, 0.717) is 12.6 Å². The Labute approximate surface area is 109 Å². The monoisotopic (exact) mass is 247 g/mol. The predicted octanol–water partition coefficient (Wildman–Crippen LogP) is 2.60. The van der Waals surface area contributed by atoms with Gasteiger partial charge in [0.05, 0.1) is 7.11 Å². The fourth-order valence-corrected chi connectivity index (χ4v) is 1.45. The Kier molecular flexibility index (Phi) is 6.10. The summed E-state index contributed by atoms with van der Waals surface area (Å²) in [5.41, 5.74) is 1.18. The second kappa shape index (κ2) is 7.62. The molecule has 0 atom stereocenters. The Morgan fingerprint density at radius 1 is 1.28 bits per heavy atom. The smallest absolute Gasteiger partial charge is 0.162 e. The second-order valence-electron chi connectivity index (χ2n) is 4.24. The highest BCUT2D eigenvalue weighted by Crippen LogP contribution is 2.27. The van der Waals surface area contributed by atoms with Gasteiger partial charge in [-0.2, -0.15) is 0 Å². The van der Waals surface area contributed by atoms with Crippen LogP contribution in [0.5, 0.6) is 11.5 Å².